The van der Waals surface area contributed by atoms with Crippen LogP contribution >= 0.6 is 0 Å². The summed E-state index contributed by atoms with van der Waals surface area (Å²) in [5, 5.41) is 8.84. The number of carbonyl (C=O) groups is 1. The Hall–Kier alpha value is -0.620. The second-order valence-corrected chi connectivity index (χ2v) is 7.65. The minimum absolute atomic E-state index is 0.147. The molecule has 0 radical (unpaired) electrons. The summed E-state index contributed by atoms with van der Waals surface area (Å²) in [6.07, 6.45) is 3.36. The van der Waals surface area contributed by atoms with Crippen molar-refractivity contribution in [2.24, 2.45) is 11.3 Å². The number of hydrogen-bond acceptors (Lipinski definition) is 3. The Bertz CT molecular complexity index is 413. The van der Waals surface area contributed by atoms with Crippen molar-refractivity contribution in [1.29, 1.82) is 0 Å². The van der Waals surface area contributed by atoms with Gasteiger partial charge in [-0.1, -0.05) is 6.92 Å². The van der Waals surface area contributed by atoms with E-state index in [0.717, 1.165) is 12.8 Å². The third-order valence-electron chi connectivity index (χ3n) is 3.96. The molecule has 1 unspecified atom stereocenters. The van der Waals surface area contributed by atoms with E-state index in [0.29, 0.717) is 19.4 Å². The molecule has 2 aliphatic rings. The van der Waals surface area contributed by atoms with E-state index >= 15 is 0 Å². The predicted molar refractivity (Wildman–Crippen MR) is 63.1 cm³/mol. The molecule has 1 atom stereocenters. The van der Waals surface area contributed by atoms with Gasteiger partial charge in [0, 0.05) is 13.1 Å². The van der Waals surface area contributed by atoms with Crippen molar-refractivity contribution in [3.05, 3.63) is 0 Å². The van der Waals surface area contributed by atoms with Crippen molar-refractivity contribution in [2.45, 2.75) is 32.6 Å². The Morgan fingerprint density at radius 3 is 2.59 bits per heavy atom. The van der Waals surface area contributed by atoms with Crippen LogP contribution in [0.25, 0.3) is 0 Å². The Kier molecular flexibility index (Phi) is 3.20. The van der Waals surface area contributed by atoms with Gasteiger partial charge in [-0.2, -0.15) is 0 Å². The van der Waals surface area contributed by atoms with Gasteiger partial charge in [-0.3, -0.25) is 4.79 Å². The molecule has 1 N–H and O–H groups in total. The summed E-state index contributed by atoms with van der Waals surface area (Å²) in [5.41, 5.74) is 0.221. The zero-order chi connectivity index (χ0) is 12.7. The number of rotatable bonds is 5. The Morgan fingerprint density at radius 2 is 2.12 bits per heavy atom. The predicted octanol–water partition coefficient (Wildman–Crippen LogP) is 0.913. The maximum atomic E-state index is 12.0. The topological polar surface area (TPSA) is 74.7 Å². The number of hydrogen-bond donors (Lipinski definition) is 1. The number of carboxylic acids is 1. The third-order valence-corrected chi connectivity index (χ3v) is 5.80. The van der Waals surface area contributed by atoms with Gasteiger partial charge in [0.2, 0.25) is 10.0 Å². The van der Waals surface area contributed by atoms with E-state index in [1.807, 2.05) is 0 Å². The molecular formula is C11H19NO4S. The first-order valence-electron chi connectivity index (χ1n) is 6.03. The largest absolute Gasteiger partial charge is 0.481 e. The molecule has 0 aromatic carbocycles. The van der Waals surface area contributed by atoms with Crippen molar-refractivity contribution >= 4 is 16.0 Å². The molecule has 1 saturated carbocycles. The first kappa shape index (κ1) is 12.8. The molecular weight excluding hydrogens is 242 g/mol. The zero-order valence-corrected chi connectivity index (χ0v) is 10.9. The molecule has 2 fully saturated rings. The molecule has 1 saturated heterocycles. The fourth-order valence-corrected chi connectivity index (χ4v) is 3.95. The van der Waals surface area contributed by atoms with Gasteiger partial charge in [0.15, 0.2) is 0 Å². The normalized spacial score (nSPS) is 28.2. The van der Waals surface area contributed by atoms with Crippen molar-refractivity contribution in [3.63, 3.8) is 0 Å². The van der Waals surface area contributed by atoms with Crippen molar-refractivity contribution in [3.8, 4) is 0 Å². The van der Waals surface area contributed by atoms with Gasteiger partial charge < -0.3 is 5.11 Å². The number of carboxylic acid groups (broad SMARTS) is 1. The minimum Gasteiger partial charge on any atom is -0.481 e. The molecule has 1 heterocycles. The fourth-order valence-electron chi connectivity index (χ4n) is 2.15. The summed E-state index contributed by atoms with van der Waals surface area (Å²) >= 11 is 0. The van der Waals surface area contributed by atoms with E-state index in [9.17, 15) is 13.2 Å². The number of nitrogens with zero attached hydrogens (tertiary/aromatic N) is 1. The standard InChI is InChI=1S/C11H19NO4S/c1-11(3-4-11)5-7-17(15,16)12-6-2-9(8-12)10(13)14/h9H,2-8H2,1H3,(H,13,14). The van der Waals surface area contributed by atoms with E-state index in [1.54, 1.807) is 0 Å². The van der Waals surface area contributed by atoms with E-state index in [2.05, 4.69) is 6.92 Å². The summed E-state index contributed by atoms with van der Waals surface area (Å²) in [7, 11) is -3.25. The average Bonchev–Trinajstić information content (AvgIpc) is 2.81. The maximum absolute atomic E-state index is 12.0. The molecule has 0 spiro atoms. The summed E-state index contributed by atoms with van der Waals surface area (Å²) < 4.78 is 25.4. The molecule has 98 valence electrons. The van der Waals surface area contributed by atoms with Crippen LogP contribution in [0.1, 0.15) is 32.6 Å². The van der Waals surface area contributed by atoms with Crippen LogP contribution in [0, 0.1) is 11.3 Å². The van der Waals surface area contributed by atoms with E-state index in [-0.39, 0.29) is 17.7 Å². The lowest BCUT2D eigenvalue weighted by Gasteiger charge is -2.17. The van der Waals surface area contributed by atoms with Gasteiger partial charge in [-0.25, -0.2) is 12.7 Å². The summed E-state index contributed by atoms with van der Waals surface area (Å²) in [4.78, 5) is 10.8. The van der Waals surface area contributed by atoms with Gasteiger partial charge in [-0.05, 0) is 31.1 Å². The molecule has 0 bridgehead atoms. The molecule has 6 heteroatoms. The summed E-state index contributed by atoms with van der Waals surface area (Å²) in [6.45, 7) is 2.61. The summed E-state index contributed by atoms with van der Waals surface area (Å²) in [5.74, 6) is -1.26. The van der Waals surface area contributed by atoms with Crippen LogP contribution in [0.3, 0.4) is 0 Å². The van der Waals surface area contributed by atoms with Gasteiger partial charge in [-0.15, -0.1) is 0 Å². The fraction of sp³-hybridized carbons (Fsp3) is 0.909. The lowest BCUT2D eigenvalue weighted by molar-refractivity contribution is -0.141. The highest BCUT2D eigenvalue weighted by Crippen LogP contribution is 2.48. The monoisotopic (exact) mass is 261 g/mol. The zero-order valence-electron chi connectivity index (χ0n) is 10.1. The molecule has 1 aliphatic heterocycles. The third kappa shape index (κ3) is 2.98. The molecule has 0 aromatic heterocycles. The average molecular weight is 261 g/mol. The number of aliphatic carboxylic acids is 1. The minimum atomic E-state index is -3.25. The number of sulfonamides is 1. The smallest absolute Gasteiger partial charge is 0.307 e. The van der Waals surface area contributed by atoms with Crippen LogP contribution in [0.2, 0.25) is 0 Å². The van der Waals surface area contributed by atoms with E-state index in [4.69, 9.17) is 5.11 Å². The van der Waals surface area contributed by atoms with Gasteiger partial charge >= 0.3 is 5.97 Å². The van der Waals surface area contributed by atoms with Crippen LogP contribution < -0.4 is 0 Å². The van der Waals surface area contributed by atoms with Crippen molar-refractivity contribution < 1.29 is 18.3 Å². The lowest BCUT2D eigenvalue weighted by Crippen LogP contribution is -2.32. The van der Waals surface area contributed by atoms with Crippen LogP contribution in [0.15, 0.2) is 0 Å². The van der Waals surface area contributed by atoms with Gasteiger partial charge in [0.25, 0.3) is 0 Å². The summed E-state index contributed by atoms with van der Waals surface area (Å²) in [6, 6.07) is 0. The van der Waals surface area contributed by atoms with Crippen LogP contribution in [-0.2, 0) is 14.8 Å². The van der Waals surface area contributed by atoms with Crippen molar-refractivity contribution in [2.75, 3.05) is 18.8 Å². The quantitative estimate of drug-likeness (QED) is 0.798. The molecule has 2 rings (SSSR count). The van der Waals surface area contributed by atoms with Gasteiger partial charge in [0.05, 0.1) is 11.7 Å². The van der Waals surface area contributed by atoms with E-state index < -0.39 is 21.9 Å². The highest BCUT2D eigenvalue weighted by molar-refractivity contribution is 7.89. The van der Waals surface area contributed by atoms with Gasteiger partial charge in [0.1, 0.15) is 0 Å². The van der Waals surface area contributed by atoms with Crippen molar-refractivity contribution in [1.82, 2.24) is 4.31 Å². The van der Waals surface area contributed by atoms with Crippen LogP contribution in [0.4, 0.5) is 0 Å². The second-order valence-electron chi connectivity index (χ2n) is 5.56. The molecule has 0 amide bonds. The SMILES string of the molecule is CC1(CCS(=O)(=O)N2CCC(C(=O)O)C2)CC1. The lowest BCUT2D eigenvalue weighted by atomic mass is 10.1. The Balaban J connectivity index is 1.90. The second kappa shape index (κ2) is 4.24. The first-order valence-corrected chi connectivity index (χ1v) is 7.64. The molecule has 1 aliphatic carbocycles. The highest BCUT2D eigenvalue weighted by atomic mass is 32.2. The Labute approximate surface area is 102 Å². The maximum Gasteiger partial charge on any atom is 0.307 e. The first-order chi connectivity index (χ1) is 7.82. The highest BCUT2D eigenvalue weighted by Gasteiger charge is 2.40. The van der Waals surface area contributed by atoms with E-state index in [1.165, 1.54) is 4.31 Å². The molecule has 0 aromatic rings. The Morgan fingerprint density at radius 1 is 1.47 bits per heavy atom. The molecule has 17 heavy (non-hydrogen) atoms. The van der Waals surface area contributed by atoms with Crippen LogP contribution in [-0.4, -0.2) is 42.6 Å². The van der Waals surface area contributed by atoms with Crippen LogP contribution in [0.5, 0.6) is 0 Å². The molecule has 5 nitrogen and oxygen atoms in total.